The second-order valence-corrected chi connectivity index (χ2v) is 12.3. The fourth-order valence-corrected chi connectivity index (χ4v) is 5.51. The van der Waals surface area contributed by atoms with E-state index < -0.39 is 28.5 Å². The largest absolute Gasteiger partial charge is 0.354 e. The fraction of sp³-hybridized carbons (Fsp3) is 0.333. The Kier molecular flexibility index (Phi) is 10.2. The third-order valence-electron chi connectivity index (χ3n) is 6.38. The highest BCUT2D eigenvalue weighted by molar-refractivity contribution is 7.92. The number of hydrogen-bond donors (Lipinski definition) is 1. The number of nitrogens with zero attached hydrogens (tertiary/aromatic N) is 2. The molecule has 3 aromatic carbocycles. The quantitative estimate of drug-likeness (QED) is 0.338. The average molecular weight is 570 g/mol. The summed E-state index contributed by atoms with van der Waals surface area (Å²) in [6.07, 6.45) is 0. The first-order valence-corrected chi connectivity index (χ1v) is 14.7. The highest BCUT2D eigenvalue weighted by atomic mass is 35.5. The molecule has 2 amide bonds. The molecule has 3 aromatic rings. The van der Waals surface area contributed by atoms with Crippen molar-refractivity contribution in [2.24, 2.45) is 5.92 Å². The number of carbonyl (C=O) groups is 2. The maximum atomic E-state index is 13.9. The van der Waals surface area contributed by atoms with Gasteiger partial charge in [0.05, 0.1) is 10.6 Å². The Morgan fingerprint density at radius 2 is 1.56 bits per heavy atom. The first-order chi connectivity index (χ1) is 18.4. The van der Waals surface area contributed by atoms with E-state index in [1.807, 2.05) is 52.0 Å². The van der Waals surface area contributed by atoms with Gasteiger partial charge in [0, 0.05) is 18.1 Å². The van der Waals surface area contributed by atoms with E-state index in [0.29, 0.717) is 11.6 Å². The summed E-state index contributed by atoms with van der Waals surface area (Å²) < 4.78 is 28.6. The molecule has 208 valence electrons. The molecule has 0 bridgehead atoms. The second kappa shape index (κ2) is 13.1. The summed E-state index contributed by atoms with van der Waals surface area (Å²) in [6, 6.07) is 19.6. The van der Waals surface area contributed by atoms with E-state index in [1.165, 1.54) is 23.1 Å². The Morgan fingerprint density at radius 3 is 2.15 bits per heavy atom. The topological polar surface area (TPSA) is 86.8 Å². The summed E-state index contributed by atoms with van der Waals surface area (Å²) in [5, 5.41) is 3.27. The molecule has 0 radical (unpaired) electrons. The number of sulfonamides is 1. The Balaban J connectivity index is 2.02. The SMILES string of the molecule is Cc1ccc(CN(C(=O)CN(c2ccc(C)c(Cl)c2)S(=O)(=O)c2ccccc2)[C@@H](C)C(=O)NCC(C)C)cc1. The van der Waals surface area contributed by atoms with Crippen LogP contribution >= 0.6 is 11.6 Å². The van der Waals surface area contributed by atoms with Crippen molar-refractivity contribution in [2.45, 2.75) is 52.1 Å². The summed E-state index contributed by atoms with van der Waals surface area (Å²) in [4.78, 5) is 28.4. The van der Waals surface area contributed by atoms with Crippen LogP contribution in [0.3, 0.4) is 0 Å². The van der Waals surface area contributed by atoms with E-state index in [9.17, 15) is 18.0 Å². The summed E-state index contributed by atoms with van der Waals surface area (Å²) >= 11 is 6.36. The van der Waals surface area contributed by atoms with Crippen molar-refractivity contribution in [1.29, 1.82) is 0 Å². The number of anilines is 1. The zero-order valence-electron chi connectivity index (χ0n) is 23.0. The molecule has 0 aliphatic rings. The van der Waals surface area contributed by atoms with Crippen LogP contribution in [0, 0.1) is 19.8 Å². The molecular formula is C30H36ClN3O4S. The van der Waals surface area contributed by atoms with E-state index in [-0.39, 0.29) is 29.0 Å². The van der Waals surface area contributed by atoms with Gasteiger partial charge in [-0.15, -0.1) is 0 Å². The lowest BCUT2D eigenvalue weighted by Crippen LogP contribution is -2.51. The van der Waals surface area contributed by atoms with Crippen molar-refractivity contribution >= 4 is 39.1 Å². The van der Waals surface area contributed by atoms with E-state index in [2.05, 4.69) is 5.32 Å². The monoisotopic (exact) mass is 569 g/mol. The standard InChI is InChI=1S/C30H36ClN3O4S/c1-21(2)18-32-30(36)24(5)33(19-25-14-11-22(3)12-15-25)29(35)20-34(26-16-13-23(4)28(31)17-26)39(37,38)27-9-7-6-8-10-27/h6-17,21,24H,18-20H2,1-5H3,(H,32,36)/t24-/m0/s1. The summed E-state index contributed by atoms with van der Waals surface area (Å²) in [5.41, 5.74) is 2.93. The van der Waals surface area contributed by atoms with Gasteiger partial charge in [-0.2, -0.15) is 0 Å². The molecular weight excluding hydrogens is 534 g/mol. The summed E-state index contributed by atoms with van der Waals surface area (Å²) in [6.45, 7) is 9.50. The van der Waals surface area contributed by atoms with Crippen molar-refractivity contribution in [3.63, 3.8) is 0 Å². The minimum absolute atomic E-state index is 0.0438. The maximum Gasteiger partial charge on any atom is 0.264 e. The molecule has 0 aromatic heterocycles. The van der Waals surface area contributed by atoms with Gasteiger partial charge in [-0.3, -0.25) is 13.9 Å². The van der Waals surface area contributed by atoms with Crippen LogP contribution in [0.25, 0.3) is 0 Å². The predicted molar refractivity (Wildman–Crippen MR) is 156 cm³/mol. The minimum Gasteiger partial charge on any atom is -0.354 e. The molecule has 0 aliphatic heterocycles. The molecule has 0 heterocycles. The highest BCUT2D eigenvalue weighted by Crippen LogP contribution is 2.28. The molecule has 3 rings (SSSR count). The van der Waals surface area contributed by atoms with Crippen LogP contribution in [0.5, 0.6) is 0 Å². The van der Waals surface area contributed by atoms with Gasteiger partial charge < -0.3 is 10.2 Å². The molecule has 9 heteroatoms. The molecule has 0 saturated carbocycles. The van der Waals surface area contributed by atoms with Crippen LogP contribution in [0.15, 0.2) is 77.7 Å². The van der Waals surface area contributed by atoms with Gasteiger partial charge in [0.2, 0.25) is 11.8 Å². The molecule has 0 aliphatic carbocycles. The fourth-order valence-electron chi connectivity index (χ4n) is 3.91. The van der Waals surface area contributed by atoms with Crippen molar-refractivity contribution in [3.8, 4) is 0 Å². The van der Waals surface area contributed by atoms with Crippen LogP contribution in [-0.2, 0) is 26.2 Å². The smallest absolute Gasteiger partial charge is 0.264 e. The van der Waals surface area contributed by atoms with Crippen molar-refractivity contribution in [1.82, 2.24) is 10.2 Å². The maximum absolute atomic E-state index is 13.9. The lowest BCUT2D eigenvalue weighted by molar-refractivity contribution is -0.139. The summed E-state index contributed by atoms with van der Waals surface area (Å²) in [7, 11) is -4.13. The molecule has 0 spiro atoms. The first kappa shape index (κ1) is 30.2. The Bertz CT molecular complexity index is 1390. The van der Waals surface area contributed by atoms with E-state index in [1.54, 1.807) is 37.3 Å². The molecule has 0 unspecified atom stereocenters. The Labute approximate surface area is 236 Å². The lowest BCUT2D eigenvalue weighted by Gasteiger charge is -2.32. The average Bonchev–Trinajstić information content (AvgIpc) is 2.91. The Hall–Kier alpha value is -3.36. The van der Waals surface area contributed by atoms with Crippen LogP contribution in [-0.4, -0.2) is 44.3 Å². The van der Waals surface area contributed by atoms with E-state index in [0.717, 1.165) is 21.0 Å². The molecule has 7 nitrogen and oxygen atoms in total. The molecule has 0 fully saturated rings. The highest BCUT2D eigenvalue weighted by Gasteiger charge is 2.32. The normalized spacial score (nSPS) is 12.2. The molecule has 0 saturated heterocycles. The Morgan fingerprint density at radius 1 is 0.923 bits per heavy atom. The van der Waals surface area contributed by atoms with Crippen LogP contribution in [0.1, 0.15) is 37.5 Å². The predicted octanol–water partition coefficient (Wildman–Crippen LogP) is 5.34. The van der Waals surface area contributed by atoms with E-state index >= 15 is 0 Å². The van der Waals surface area contributed by atoms with Crippen LogP contribution < -0.4 is 9.62 Å². The zero-order chi connectivity index (χ0) is 28.7. The molecule has 1 atom stereocenters. The van der Waals surface area contributed by atoms with Crippen molar-refractivity contribution in [2.75, 3.05) is 17.4 Å². The third kappa shape index (κ3) is 7.83. The number of benzene rings is 3. The second-order valence-electron chi connectivity index (χ2n) is 10.1. The molecule has 39 heavy (non-hydrogen) atoms. The first-order valence-electron chi connectivity index (χ1n) is 12.9. The van der Waals surface area contributed by atoms with Gasteiger partial charge in [-0.05, 0) is 62.1 Å². The van der Waals surface area contributed by atoms with Crippen LogP contribution in [0.4, 0.5) is 5.69 Å². The summed E-state index contributed by atoms with van der Waals surface area (Å²) in [5.74, 6) is -0.584. The van der Waals surface area contributed by atoms with Gasteiger partial charge in [0.15, 0.2) is 0 Å². The molecule has 1 N–H and O–H groups in total. The van der Waals surface area contributed by atoms with Gasteiger partial charge >= 0.3 is 0 Å². The number of rotatable bonds is 11. The number of aryl methyl sites for hydroxylation is 2. The van der Waals surface area contributed by atoms with Crippen molar-refractivity contribution in [3.05, 3.63) is 94.5 Å². The van der Waals surface area contributed by atoms with E-state index in [4.69, 9.17) is 11.6 Å². The number of carbonyl (C=O) groups excluding carboxylic acids is 2. The lowest BCUT2D eigenvalue weighted by atomic mass is 10.1. The van der Waals surface area contributed by atoms with Gasteiger partial charge in [0.1, 0.15) is 12.6 Å². The minimum atomic E-state index is -4.13. The van der Waals surface area contributed by atoms with Crippen molar-refractivity contribution < 1.29 is 18.0 Å². The number of nitrogens with one attached hydrogen (secondary N) is 1. The number of hydrogen-bond acceptors (Lipinski definition) is 4. The van der Waals surface area contributed by atoms with Gasteiger partial charge in [0.25, 0.3) is 10.0 Å². The van der Waals surface area contributed by atoms with Gasteiger partial charge in [-0.1, -0.05) is 79.5 Å². The zero-order valence-corrected chi connectivity index (χ0v) is 24.6. The number of halogens is 1. The third-order valence-corrected chi connectivity index (χ3v) is 8.57. The number of amides is 2. The van der Waals surface area contributed by atoms with Gasteiger partial charge in [-0.25, -0.2) is 8.42 Å². The van der Waals surface area contributed by atoms with Crippen LogP contribution in [0.2, 0.25) is 5.02 Å².